The predicted octanol–water partition coefficient (Wildman–Crippen LogP) is 6.17. The van der Waals surface area contributed by atoms with E-state index >= 15 is 0 Å². The van der Waals surface area contributed by atoms with Gasteiger partial charge >= 0.3 is 0 Å². The second-order valence-electron chi connectivity index (χ2n) is 6.91. The second kappa shape index (κ2) is 7.61. The van der Waals surface area contributed by atoms with Gasteiger partial charge in [0.25, 0.3) is 0 Å². The van der Waals surface area contributed by atoms with Gasteiger partial charge < -0.3 is 0 Å². The van der Waals surface area contributed by atoms with E-state index in [1.54, 1.807) is 12.1 Å². The zero-order valence-electron chi connectivity index (χ0n) is 13.5. The molecule has 0 amide bonds. The Hall–Kier alpha value is -1.11. The van der Waals surface area contributed by atoms with E-state index in [1.165, 1.54) is 17.6 Å². The van der Waals surface area contributed by atoms with Gasteiger partial charge in [-0.25, -0.2) is 4.39 Å². The molecule has 1 aromatic carbocycles. The Kier molecular flexibility index (Phi) is 6.45. The summed E-state index contributed by atoms with van der Waals surface area (Å²) in [7, 11) is 0. The van der Waals surface area contributed by atoms with Crippen LogP contribution in [-0.2, 0) is 6.42 Å². The molecule has 0 heterocycles. The average molecular weight is 276 g/mol. The lowest BCUT2D eigenvalue weighted by atomic mass is 9.77. The molecule has 1 atom stereocenters. The standard InChI is InChI=1S/C19H29F/c1-6-15(2)13-16(3)14-19(4,5)12-11-17-7-9-18(20)10-8-17/h7-10,16H,2,6,11-14H2,1,3-5H3. The highest BCUT2D eigenvalue weighted by atomic mass is 19.1. The quantitative estimate of drug-likeness (QED) is 0.498. The maximum absolute atomic E-state index is 12.9. The van der Waals surface area contributed by atoms with Crippen LogP contribution in [0.25, 0.3) is 0 Å². The summed E-state index contributed by atoms with van der Waals surface area (Å²) in [5, 5.41) is 0. The molecule has 0 bridgehead atoms. The maximum atomic E-state index is 12.9. The van der Waals surface area contributed by atoms with Crippen LogP contribution < -0.4 is 0 Å². The maximum Gasteiger partial charge on any atom is 0.123 e. The fraction of sp³-hybridized carbons (Fsp3) is 0.579. The molecule has 0 aliphatic heterocycles. The van der Waals surface area contributed by atoms with Gasteiger partial charge in [-0.2, -0.15) is 0 Å². The van der Waals surface area contributed by atoms with E-state index in [1.807, 2.05) is 12.1 Å². The Bertz CT molecular complexity index is 414. The molecule has 1 aromatic rings. The van der Waals surface area contributed by atoms with Crippen LogP contribution in [0, 0.1) is 17.2 Å². The molecule has 0 N–H and O–H groups in total. The van der Waals surface area contributed by atoms with E-state index in [0.717, 1.165) is 25.7 Å². The van der Waals surface area contributed by atoms with Crippen molar-refractivity contribution in [3.05, 3.63) is 47.8 Å². The lowest BCUT2D eigenvalue weighted by molar-refractivity contribution is 0.255. The molecule has 0 spiro atoms. The van der Waals surface area contributed by atoms with Crippen molar-refractivity contribution in [3.63, 3.8) is 0 Å². The van der Waals surface area contributed by atoms with Crippen molar-refractivity contribution < 1.29 is 4.39 Å². The third-order valence-corrected chi connectivity index (χ3v) is 4.04. The predicted molar refractivity (Wildman–Crippen MR) is 86.3 cm³/mol. The third-order valence-electron chi connectivity index (χ3n) is 4.04. The van der Waals surface area contributed by atoms with Crippen LogP contribution in [0.1, 0.15) is 58.9 Å². The van der Waals surface area contributed by atoms with Crippen LogP contribution >= 0.6 is 0 Å². The number of rotatable bonds is 8. The Balaban J connectivity index is 2.44. The first-order valence-electron chi connectivity index (χ1n) is 7.73. The molecule has 0 saturated heterocycles. The lowest BCUT2D eigenvalue weighted by Crippen LogP contribution is -2.17. The first-order valence-corrected chi connectivity index (χ1v) is 7.73. The number of halogens is 1. The number of hydrogen-bond donors (Lipinski definition) is 0. The minimum Gasteiger partial charge on any atom is -0.207 e. The topological polar surface area (TPSA) is 0 Å². The monoisotopic (exact) mass is 276 g/mol. The molecule has 0 fully saturated rings. The third kappa shape index (κ3) is 6.36. The molecule has 0 aliphatic rings. The zero-order valence-corrected chi connectivity index (χ0v) is 13.5. The van der Waals surface area contributed by atoms with Crippen molar-refractivity contribution in [3.8, 4) is 0 Å². The van der Waals surface area contributed by atoms with Gasteiger partial charge in [0.15, 0.2) is 0 Å². The summed E-state index contributed by atoms with van der Waals surface area (Å²) in [6.07, 6.45) is 5.60. The van der Waals surface area contributed by atoms with Gasteiger partial charge in [0.05, 0.1) is 0 Å². The summed E-state index contributed by atoms with van der Waals surface area (Å²) >= 11 is 0. The molecular weight excluding hydrogens is 247 g/mol. The van der Waals surface area contributed by atoms with Crippen molar-refractivity contribution >= 4 is 0 Å². The van der Waals surface area contributed by atoms with Crippen LogP contribution in [0.4, 0.5) is 4.39 Å². The normalized spacial score (nSPS) is 13.2. The van der Waals surface area contributed by atoms with Gasteiger partial charge in [-0.05, 0) is 61.1 Å². The summed E-state index contributed by atoms with van der Waals surface area (Å²) in [5.74, 6) is 0.533. The molecule has 0 aliphatic carbocycles. The zero-order chi connectivity index (χ0) is 15.2. The molecule has 0 aromatic heterocycles. The van der Waals surface area contributed by atoms with Crippen molar-refractivity contribution in [1.82, 2.24) is 0 Å². The van der Waals surface area contributed by atoms with Crippen molar-refractivity contribution in [2.75, 3.05) is 0 Å². The molecular formula is C19H29F. The highest BCUT2D eigenvalue weighted by molar-refractivity contribution is 5.16. The van der Waals surface area contributed by atoms with E-state index < -0.39 is 0 Å². The molecule has 1 unspecified atom stereocenters. The summed E-state index contributed by atoms with van der Waals surface area (Å²) in [4.78, 5) is 0. The molecule has 0 nitrogen and oxygen atoms in total. The molecule has 1 heteroatoms. The lowest BCUT2D eigenvalue weighted by Gasteiger charge is -2.28. The van der Waals surface area contributed by atoms with E-state index in [0.29, 0.717) is 11.3 Å². The van der Waals surface area contributed by atoms with Gasteiger partial charge in [0.2, 0.25) is 0 Å². The molecule has 0 radical (unpaired) electrons. The second-order valence-corrected chi connectivity index (χ2v) is 6.91. The van der Waals surface area contributed by atoms with Crippen LogP contribution in [0.3, 0.4) is 0 Å². The van der Waals surface area contributed by atoms with Crippen molar-refractivity contribution in [2.24, 2.45) is 11.3 Å². The largest absolute Gasteiger partial charge is 0.207 e. The summed E-state index contributed by atoms with van der Waals surface area (Å²) in [6, 6.07) is 6.90. The van der Waals surface area contributed by atoms with Gasteiger partial charge in [0.1, 0.15) is 5.82 Å². The van der Waals surface area contributed by atoms with Gasteiger partial charge in [0, 0.05) is 0 Å². The Morgan fingerprint density at radius 1 is 1.25 bits per heavy atom. The number of allylic oxidation sites excluding steroid dienone is 1. The average Bonchev–Trinajstić information content (AvgIpc) is 2.37. The van der Waals surface area contributed by atoms with E-state index in [4.69, 9.17) is 0 Å². The van der Waals surface area contributed by atoms with Crippen LogP contribution in [-0.4, -0.2) is 0 Å². The van der Waals surface area contributed by atoms with E-state index in [9.17, 15) is 4.39 Å². The summed E-state index contributed by atoms with van der Waals surface area (Å²) in [5.41, 5.74) is 2.90. The first-order chi connectivity index (χ1) is 9.32. The molecule has 0 saturated carbocycles. The van der Waals surface area contributed by atoms with Gasteiger partial charge in [-0.1, -0.05) is 52.0 Å². The molecule has 1 rings (SSSR count). The van der Waals surface area contributed by atoms with E-state index in [-0.39, 0.29) is 5.82 Å². The SMILES string of the molecule is C=C(CC)CC(C)CC(C)(C)CCc1ccc(F)cc1. The fourth-order valence-corrected chi connectivity index (χ4v) is 2.89. The Morgan fingerprint density at radius 2 is 1.85 bits per heavy atom. The smallest absolute Gasteiger partial charge is 0.123 e. The van der Waals surface area contributed by atoms with E-state index in [2.05, 4.69) is 34.3 Å². The summed E-state index contributed by atoms with van der Waals surface area (Å²) in [6.45, 7) is 13.3. The number of benzene rings is 1. The first kappa shape index (κ1) is 16.9. The highest BCUT2D eigenvalue weighted by Gasteiger charge is 2.21. The Morgan fingerprint density at radius 3 is 2.40 bits per heavy atom. The minimum atomic E-state index is -0.153. The molecule has 112 valence electrons. The van der Waals surface area contributed by atoms with Gasteiger partial charge in [-0.3, -0.25) is 0 Å². The van der Waals surface area contributed by atoms with Crippen molar-refractivity contribution in [2.45, 2.75) is 59.8 Å². The molecule has 20 heavy (non-hydrogen) atoms. The summed E-state index contributed by atoms with van der Waals surface area (Å²) < 4.78 is 12.9. The highest BCUT2D eigenvalue weighted by Crippen LogP contribution is 2.33. The minimum absolute atomic E-state index is 0.153. The number of aryl methyl sites for hydroxylation is 1. The van der Waals surface area contributed by atoms with Crippen LogP contribution in [0.5, 0.6) is 0 Å². The van der Waals surface area contributed by atoms with Crippen LogP contribution in [0.15, 0.2) is 36.4 Å². The van der Waals surface area contributed by atoms with Crippen LogP contribution in [0.2, 0.25) is 0 Å². The fourth-order valence-electron chi connectivity index (χ4n) is 2.89. The van der Waals surface area contributed by atoms with Crippen molar-refractivity contribution in [1.29, 1.82) is 0 Å². The number of hydrogen-bond acceptors (Lipinski definition) is 0. The Labute approximate surface area is 124 Å². The van der Waals surface area contributed by atoms with Gasteiger partial charge in [-0.15, -0.1) is 0 Å².